The molecule has 0 radical (unpaired) electrons. The Bertz CT molecular complexity index is 750. The predicted molar refractivity (Wildman–Crippen MR) is 76.0 cm³/mol. The molecule has 0 bridgehead atoms. The minimum absolute atomic E-state index is 0.738. The standard InChI is InChI=1S/C13H13N5S/c1-8-16-17-13(18(8)2)19-12-4-3-11(14)10-7-15-6-5-9(10)12/h3-7H,14H2,1-2H3. The number of fused-ring (bicyclic) bond motifs is 1. The summed E-state index contributed by atoms with van der Waals surface area (Å²) in [5, 5.41) is 11.1. The third-order valence-corrected chi connectivity index (χ3v) is 4.18. The molecule has 19 heavy (non-hydrogen) atoms. The van der Waals surface area contributed by atoms with Gasteiger partial charge in [-0.05, 0) is 36.9 Å². The van der Waals surface area contributed by atoms with Crippen LogP contribution < -0.4 is 5.73 Å². The Morgan fingerprint density at radius 2 is 2.00 bits per heavy atom. The first-order chi connectivity index (χ1) is 9.16. The van der Waals surface area contributed by atoms with Gasteiger partial charge in [0.25, 0.3) is 0 Å². The Labute approximate surface area is 114 Å². The fraction of sp³-hybridized carbons (Fsp3) is 0.154. The summed E-state index contributed by atoms with van der Waals surface area (Å²) in [4.78, 5) is 5.22. The number of rotatable bonds is 2. The predicted octanol–water partition coefficient (Wildman–Crippen LogP) is 2.41. The van der Waals surface area contributed by atoms with Crippen molar-refractivity contribution in [2.75, 3.05) is 5.73 Å². The van der Waals surface area contributed by atoms with Gasteiger partial charge in [0, 0.05) is 40.8 Å². The molecule has 3 rings (SSSR count). The van der Waals surface area contributed by atoms with Crippen LogP contribution in [0.5, 0.6) is 0 Å². The summed E-state index contributed by atoms with van der Waals surface area (Å²) in [6.07, 6.45) is 3.56. The Morgan fingerprint density at radius 1 is 1.16 bits per heavy atom. The lowest BCUT2D eigenvalue weighted by Crippen LogP contribution is -1.94. The van der Waals surface area contributed by atoms with Crippen LogP contribution in [-0.4, -0.2) is 19.7 Å². The van der Waals surface area contributed by atoms with Crippen molar-refractivity contribution < 1.29 is 0 Å². The van der Waals surface area contributed by atoms with E-state index in [-0.39, 0.29) is 0 Å². The molecule has 1 aromatic carbocycles. The Kier molecular flexibility index (Phi) is 2.87. The van der Waals surface area contributed by atoms with Crippen LogP contribution in [0.15, 0.2) is 40.6 Å². The molecule has 2 aromatic heterocycles. The highest BCUT2D eigenvalue weighted by atomic mass is 32.2. The molecule has 0 unspecified atom stereocenters. The topological polar surface area (TPSA) is 69.6 Å². The minimum atomic E-state index is 0.738. The highest BCUT2D eigenvalue weighted by Crippen LogP contribution is 2.34. The van der Waals surface area contributed by atoms with Crippen LogP contribution in [0.2, 0.25) is 0 Å². The molecular formula is C13H13N5S. The maximum absolute atomic E-state index is 5.97. The second kappa shape index (κ2) is 4.55. The number of benzene rings is 1. The monoisotopic (exact) mass is 271 g/mol. The van der Waals surface area contributed by atoms with E-state index in [2.05, 4.69) is 15.2 Å². The number of anilines is 1. The lowest BCUT2D eigenvalue weighted by Gasteiger charge is -2.07. The minimum Gasteiger partial charge on any atom is -0.398 e. The van der Waals surface area contributed by atoms with Gasteiger partial charge >= 0.3 is 0 Å². The number of pyridine rings is 1. The second-order valence-electron chi connectivity index (χ2n) is 4.27. The molecule has 0 aliphatic carbocycles. The van der Waals surface area contributed by atoms with Crippen LogP contribution in [-0.2, 0) is 7.05 Å². The van der Waals surface area contributed by atoms with Gasteiger partial charge in [0.15, 0.2) is 5.16 Å². The summed E-state index contributed by atoms with van der Waals surface area (Å²) in [5.74, 6) is 0.893. The summed E-state index contributed by atoms with van der Waals surface area (Å²) in [7, 11) is 1.96. The van der Waals surface area contributed by atoms with E-state index in [9.17, 15) is 0 Å². The van der Waals surface area contributed by atoms with E-state index < -0.39 is 0 Å². The molecule has 0 fully saturated rings. The molecule has 5 nitrogen and oxygen atoms in total. The zero-order valence-electron chi connectivity index (χ0n) is 10.7. The van der Waals surface area contributed by atoms with Gasteiger partial charge in [-0.1, -0.05) is 0 Å². The van der Waals surface area contributed by atoms with Gasteiger partial charge in [-0.25, -0.2) is 0 Å². The van der Waals surface area contributed by atoms with Gasteiger partial charge in [-0.2, -0.15) is 0 Å². The molecular weight excluding hydrogens is 258 g/mol. The van der Waals surface area contributed by atoms with E-state index in [1.165, 1.54) is 0 Å². The number of aryl methyl sites for hydroxylation is 1. The van der Waals surface area contributed by atoms with Crippen LogP contribution >= 0.6 is 11.8 Å². The van der Waals surface area contributed by atoms with Gasteiger partial charge in [0.05, 0.1) is 0 Å². The molecule has 0 saturated heterocycles. The first-order valence-corrected chi connectivity index (χ1v) is 6.64. The lowest BCUT2D eigenvalue weighted by atomic mass is 10.1. The van der Waals surface area contributed by atoms with Crippen molar-refractivity contribution in [1.29, 1.82) is 0 Å². The number of nitrogen functional groups attached to an aromatic ring is 1. The van der Waals surface area contributed by atoms with Crippen LogP contribution in [0.1, 0.15) is 5.82 Å². The molecule has 0 aliphatic heterocycles. The van der Waals surface area contributed by atoms with E-state index in [1.807, 2.05) is 36.7 Å². The van der Waals surface area contributed by atoms with Gasteiger partial charge < -0.3 is 10.3 Å². The van der Waals surface area contributed by atoms with E-state index >= 15 is 0 Å². The second-order valence-corrected chi connectivity index (χ2v) is 5.27. The highest BCUT2D eigenvalue weighted by molar-refractivity contribution is 7.99. The SMILES string of the molecule is Cc1nnc(Sc2ccc(N)c3cnccc23)n1C. The van der Waals surface area contributed by atoms with Gasteiger partial charge in [-0.3, -0.25) is 4.98 Å². The van der Waals surface area contributed by atoms with Crippen molar-refractivity contribution in [3.05, 3.63) is 36.4 Å². The summed E-state index contributed by atoms with van der Waals surface area (Å²) in [5.41, 5.74) is 6.71. The van der Waals surface area contributed by atoms with Crippen LogP contribution in [0.3, 0.4) is 0 Å². The third-order valence-electron chi connectivity index (χ3n) is 3.07. The number of nitrogens with two attached hydrogens (primary N) is 1. The van der Waals surface area contributed by atoms with E-state index in [0.29, 0.717) is 0 Å². The summed E-state index contributed by atoms with van der Waals surface area (Å²) < 4.78 is 1.97. The van der Waals surface area contributed by atoms with Crippen molar-refractivity contribution in [1.82, 2.24) is 19.7 Å². The van der Waals surface area contributed by atoms with Crippen LogP contribution in [0.4, 0.5) is 5.69 Å². The smallest absolute Gasteiger partial charge is 0.195 e. The maximum Gasteiger partial charge on any atom is 0.195 e. The molecule has 0 amide bonds. The Morgan fingerprint density at radius 3 is 2.74 bits per heavy atom. The zero-order valence-corrected chi connectivity index (χ0v) is 11.5. The number of aromatic nitrogens is 4. The molecule has 2 N–H and O–H groups in total. The molecule has 0 spiro atoms. The lowest BCUT2D eigenvalue weighted by molar-refractivity contribution is 0.766. The normalized spacial score (nSPS) is 11.1. The molecule has 0 aliphatic rings. The highest BCUT2D eigenvalue weighted by Gasteiger charge is 2.10. The quantitative estimate of drug-likeness (QED) is 0.725. The van der Waals surface area contributed by atoms with E-state index in [4.69, 9.17) is 5.73 Å². The molecule has 0 atom stereocenters. The first-order valence-electron chi connectivity index (χ1n) is 5.83. The van der Waals surface area contributed by atoms with Gasteiger partial charge in [0.2, 0.25) is 0 Å². The Balaban J connectivity index is 2.11. The van der Waals surface area contributed by atoms with Crippen molar-refractivity contribution in [3.8, 4) is 0 Å². The number of hydrogen-bond donors (Lipinski definition) is 1. The summed E-state index contributed by atoms with van der Waals surface area (Å²) >= 11 is 1.58. The number of nitrogens with zero attached hydrogens (tertiary/aromatic N) is 4. The molecule has 2 heterocycles. The first kappa shape index (κ1) is 12.0. The third kappa shape index (κ3) is 2.04. The number of hydrogen-bond acceptors (Lipinski definition) is 5. The molecule has 0 saturated carbocycles. The van der Waals surface area contributed by atoms with Crippen molar-refractivity contribution in [2.24, 2.45) is 7.05 Å². The fourth-order valence-corrected chi connectivity index (χ4v) is 2.82. The van der Waals surface area contributed by atoms with Gasteiger partial charge in [0.1, 0.15) is 5.82 Å². The average molecular weight is 271 g/mol. The van der Waals surface area contributed by atoms with Crippen molar-refractivity contribution in [3.63, 3.8) is 0 Å². The summed E-state index contributed by atoms with van der Waals surface area (Å²) in [6.45, 7) is 1.93. The average Bonchev–Trinajstić information content (AvgIpc) is 2.74. The van der Waals surface area contributed by atoms with Crippen molar-refractivity contribution >= 4 is 28.2 Å². The molecule has 96 valence electrons. The van der Waals surface area contributed by atoms with E-state index in [1.54, 1.807) is 24.2 Å². The molecule has 3 aromatic rings. The fourth-order valence-electron chi connectivity index (χ4n) is 1.85. The maximum atomic E-state index is 5.97. The van der Waals surface area contributed by atoms with Crippen LogP contribution in [0, 0.1) is 6.92 Å². The molecule has 6 heteroatoms. The van der Waals surface area contributed by atoms with Crippen LogP contribution in [0.25, 0.3) is 10.8 Å². The summed E-state index contributed by atoms with van der Waals surface area (Å²) in [6, 6.07) is 5.87. The largest absolute Gasteiger partial charge is 0.398 e. The Hall–Kier alpha value is -2.08. The van der Waals surface area contributed by atoms with E-state index in [0.717, 1.165) is 32.3 Å². The van der Waals surface area contributed by atoms with Gasteiger partial charge in [-0.15, -0.1) is 10.2 Å². The van der Waals surface area contributed by atoms with Crippen molar-refractivity contribution in [2.45, 2.75) is 17.0 Å². The zero-order chi connectivity index (χ0) is 13.4.